The number of benzene rings is 1. The van der Waals surface area contributed by atoms with E-state index in [1.807, 2.05) is 51.1 Å². The topological polar surface area (TPSA) is 62.6 Å². The molecule has 1 fully saturated rings. The normalized spacial score (nSPS) is 17.0. The molecular weight excluding hydrogens is 348 g/mol. The molecule has 2 aromatic rings. The third-order valence-corrected chi connectivity index (χ3v) is 5.41. The van der Waals surface area contributed by atoms with Gasteiger partial charge in [0, 0.05) is 17.5 Å². The van der Waals surface area contributed by atoms with Gasteiger partial charge in [0.15, 0.2) is 0 Å². The van der Waals surface area contributed by atoms with Crippen LogP contribution in [0.1, 0.15) is 22.6 Å². The second-order valence-electron chi connectivity index (χ2n) is 6.39. The maximum absolute atomic E-state index is 12.6. The molecule has 5 nitrogen and oxygen atoms in total. The average molecular weight is 370 g/mol. The van der Waals surface area contributed by atoms with E-state index in [4.69, 9.17) is 4.42 Å². The number of rotatable bonds is 4. The van der Waals surface area contributed by atoms with Crippen molar-refractivity contribution in [1.29, 1.82) is 0 Å². The number of hydrogen-bond acceptors (Lipinski definition) is 4. The van der Waals surface area contributed by atoms with Crippen LogP contribution in [0.15, 0.2) is 40.8 Å². The zero-order chi connectivity index (χ0) is 18.7. The molecule has 0 saturated carbocycles. The van der Waals surface area contributed by atoms with Crippen LogP contribution in [0.2, 0.25) is 0 Å². The van der Waals surface area contributed by atoms with Crippen LogP contribution in [0, 0.1) is 20.8 Å². The number of furan rings is 1. The van der Waals surface area contributed by atoms with Gasteiger partial charge in [-0.25, -0.2) is 0 Å². The average Bonchev–Trinajstić information content (AvgIpc) is 3.25. The van der Waals surface area contributed by atoms with Gasteiger partial charge in [-0.3, -0.25) is 9.59 Å². The number of nitrogens with one attached hydrogen (secondary N) is 1. The standard InChI is InChI=1S/C20H22N2O3S/c1-13-4-6-16(10-14(13)2)21-20(24)18-11-26-12-22(18)19(23)9-8-17-7-5-15(3)25-17/h4-10,18H,11-12H2,1-3H3,(H,21,24). The second kappa shape index (κ2) is 7.83. The van der Waals surface area contributed by atoms with Crippen LogP contribution in [0.3, 0.4) is 0 Å². The van der Waals surface area contributed by atoms with Gasteiger partial charge in [0.25, 0.3) is 0 Å². The van der Waals surface area contributed by atoms with E-state index >= 15 is 0 Å². The van der Waals surface area contributed by atoms with Gasteiger partial charge >= 0.3 is 0 Å². The highest BCUT2D eigenvalue weighted by Gasteiger charge is 2.33. The molecule has 1 aliphatic heterocycles. The summed E-state index contributed by atoms with van der Waals surface area (Å²) in [6, 6.07) is 8.98. The fraction of sp³-hybridized carbons (Fsp3) is 0.300. The second-order valence-corrected chi connectivity index (χ2v) is 7.39. The van der Waals surface area contributed by atoms with E-state index < -0.39 is 6.04 Å². The Morgan fingerprint density at radius 3 is 2.69 bits per heavy atom. The zero-order valence-electron chi connectivity index (χ0n) is 15.1. The molecule has 0 aliphatic carbocycles. The first-order valence-corrected chi connectivity index (χ1v) is 9.60. The molecule has 1 aromatic heterocycles. The summed E-state index contributed by atoms with van der Waals surface area (Å²) in [4.78, 5) is 26.7. The number of carbonyl (C=O) groups is 2. The number of carbonyl (C=O) groups excluding carboxylic acids is 2. The van der Waals surface area contributed by atoms with Gasteiger partial charge in [-0.15, -0.1) is 11.8 Å². The number of aryl methyl sites for hydroxylation is 3. The first kappa shape index (κ1) is 18.3. The first-order chi connectivity index (χ1) is 12.4. The lowest BCUT2D eigenvalue weighted by Gasteiger charge is -2.21. The quantitative estimate of drug-likeness (QED) is 0.833. The first-order valence-electron chi connectivity index (χ1n) is 8.45. The third kappa shape index (κ3) is 4.19. The van der Waals surface area contributed by atoms with E-state index in [0.29, 0.717) is 17.4 Å². The van der Waals surface area contributed by atoms with Crippen LogP contribution >= 0.6 is 11.8 Å². The Kier molecular flexibility index (Phi) is 5.52. The van der Waals surface area contributed by atoms with Crippen LogP contribution in [0.25, 0.3) is 6.08 Å². The molecule has 0 radical (unpaired) electrons. The number of nitrogens with zero attached hydrogens (tertiary/aromatic N) is 1. The summed E-state index contributed by atoms with van der Waals surface area (Å²) in [6.45, 7) is 5.89. The molecule has 1 aromatic carbocycles. The van der Waals surface area contributed by atoms with Crippen LogP contribution in [0.4, 0.5) is 5.69 Å². The van der Waals surface area contributed by atoms with Gasteiger partial charge in [0.1, 0.15) is 17.6 Å². The van der Waals surface area contributed by atoms with Gasteiger partial charge in [0.2, 0.25) is 11.8 Å². The monoisotopic (exact) mass is 370 g/mol. The predicted molar refractivity (Wildman–Crippen MR) is 105 cm³/mol. The number of thioether (sulfide) groups is 1. The molecule has 136 valence electrons. The molecule has 1 atom stereocenters. The molecular formula is C20H22N2O3S. The predicted octanol–water partition coefficient (Wildman–Crippen LogP) is 3.76. The van der Waals surface area contributed by atoms with Crippen LogP contribution in [0.5, 0.6) is 0 Å². The van der Waals surface area contributed by atoms with Crippen molar-refractivity contribution in [3.8, 4) is 0 Å². The Morgan fingerprint density at radius 1 is 1.19 bits per heavy atom. The summed E-state index contributed by atoms with van der Waals surface area (Å²) < 4.78 is 5.43. The Bertz CT molecular complexity index is 856. The van der Waals surface area contributed by atoms with Crippen molar-refractivity contribution in [1.82, 2.24) is 4.90 Å². The molecule has 1 unspecified atom stereocenters. The van der Waals surface area contributed by atoms with Crippen molar-refractivity contribution in [2.45, 2.75) is 26.8 Å². The lowest BCUT2D eigenvalue weighted by molar-refractivity contribution is -0.132. The molecule has 1 aliphatic rings. The van der Waals surface area contributed by atoms with Crippen LogP contribution in [-0.2, 0) is 9.59 Å². The van der Waals surface area contributed by atoms with Crippen molar-refractivity contribution in [2.24, 2.45) is 0 Å². The Balaban J connectivity index is 1.66. The summed E-state index contributed by atoms with van der Waals surface area (Å²) in [6.07, 6.45) is 3.09. The summed E-state index contributed by atoms with van der Waals surface area (Å²) in [7, 11) is 0. The fourth-order valence-electron chi connectivity index (χ4n) is 2.71. The highest BCUT2D eigenvalue weighted by molar-refractivity contribution is 7.99. The Labute approximate surface area is 157 Å². The summed E-state index contributed by atoms with van der Waals surface area (Å²) in [5, 5.41) is 2.93. The van der Waals surface area contributed by atoms with Crippen molar-refractivity contribution < 1.29 is 14.0 Å². The molecule has 3 rings (SSSR count). The maximum Gasteiger partial charge on any atom is 0.248 e. The third-order valence-electron chi connectivity index (χ3n) is 4.39. The van der Waals surface area contributed by atoms with Crippen molar-refractivity contribution >= 4 is 35.3 Å². The molecule has 26 heavy (non-hydrogen) atoms. The highest BCUT2D eigenvalue weighted by Crippen LogP contribution is 2.23. The molecule has 2 amide bonds. The molecule has 1 N–H and O–H groups in total. The summed E-state index contributed by atoms with van der Waals surface area (Å²) >= 11 is 1.58. The van der Waals surface area contributed by atoms with E-state index in [9.17, 15) is 9.59 Å². The SMILES string of the molecule is Cc1ccc(C=CC(=O)N2CSCC2C(=O)Nc2ccc(C)c(C)c2)o1. The van der Waals surface area contributed by atoms with Gasteiger partial charge in [-0.05, 0) is 62.2 Å². The number of amides is 2. The van der Waals surface area contributed by atoms with Gasteiger partial charge in [0.05, 0.1) is 5.88 Å². The molecule has 1 saturated heterocycles. The van der Waals surface area contributed by atoms with Crippen molar-refractivity contribution in [3.63, 3.8) is 0 Å². The summed E-state index contributed by atoms with van der Waals surface area (Å²) in [5.41, 5.74) is 3.05. The van der Waals surface area contributed by atoms with E-state index in [2.05, 4.69) is 5.32 Å². The highest BCUT2D eigenvalue weighted by atomic mass is 32.2. The fourth-order valence-corrected chi connectivity index (χ4v) is 3.88. The number of anilines is 1. The largest absolute Gasteiger partial charge is 0.462 e. The molecule has 6 heteroatoms. The van der Waals surface area contributed by atoms with E-state index in [1.165, 1.54) is 11.6 Å². The van der Waals surface area contributed by atoms with Crippen LogP contribution < -0.4 is 5.32 Å². The molecule has 2 heterocycles. The summed E-state index contributed by atoms with van der Waals surface area (Å²) in [5.74, 6) is 2.16. The van der Waals surface area contributed by atoms with Crippen molar-refractivity contribution in [2.75, 3.05) is 16.9 Å². The van der Waals surface area contributed by atoms with Crippen molar-refractivity contribution in [3.05, 3.63) is 59.1 Å². The lowest BCUT2D eigenvalue weighted by Crippen LogP contribution is -2.43. The lowest BCUT2D eigenvalue weighted by atomic mass is 10.1. The van der Waals surface area contributed by atoms with Gasteiger partial charge in [-0.2, -0.15) is 0 Å². The van der Waals surface area contributed by atoms with E-state index in [1.54, 1.807) is 22.7 Å². The number of hydrogen-bond donors (Lipinski definition) is 1. The molecule has 0 spiro atoms. The van der Waals surface area contributed by atoms with Crippen LogP contribution in [-0.4, -0.2) is 34.4 Å². The molecule has 0 bridgehead atoms. The van der Waals surface area contributed by atoms with E-state index in [-0.39, 0.29) is 11.8 Å². The maximum atomic E-state index is 12.6. The van der Waals surface area contributed by atoms with Gasteiger partial charge < -0.3 is 14.6 Å². The smallest absolute Gasteiger partial charge is 0.248 e. The Hall–Kier alpha value is -2.47. The Morgan fingerprint density at radius 2 is 2.00 bits per heavy atom. The minimum Gasteiger partial charge on any atom is -0.462 e. The zero-order valence-corrected chi connectivity index (χ0v) is 15.9. The minimum absolute atomic E-state index is 0.158. The minimum atomic E-state index is -0.475. The van der Waals surface area contributed by atoms with Gasteiger partial charge in [-0.1, -0.05) is 6.07 Å². The van der Waals surface area contributed by atoms with E-state index in [0.717, 1.165) is 17.0 Å².